The van der Waals surface area contributed by atoms with Crippen LogP contribution in [0.1, 0.15) is 52.5 Å². The summed E-state index contributed by atoms with van der Waals surface area (Å²) in [6.45, 7) is 10.6. The van der Waals surface area contributed by atoms with E-state index in [4.69, 9.17) is 5.73 Å². The maximum Gasteiger partial charge on any atom is 0.227 e. The predicted molar refractivity (Wildman–Crippen MR) is 86.9 cm³/mol. The van der Waals surface area contributed by atoms with Crippen molar-refractivity contribution < 1.29 is 4.79 Å². The summed E-state index contributed by atoms with van der Waals surface area (Å²) in [4.78, 5) is 12.7. The lowest BCUT2D eigenvalue weighted by Gasteiger charge is -2.63. The number of nitrogens with two attached hydrogens (primary N) is 1. The fourth-order valence-electron chi connectivity index (χ4n) is 4.05. The lowest BCUT2D eigenvalue weighted by Crippen LogP contribution is -2.76. The van der Waals surface area contributed by atoms with Crippen LogP contribution in [0.25, 0.3) is 0 Å². The third kappa shape index (κ3) is 2.59. The van der Waals surface area contributed by atoms with Gasteiger partial charge in [0.15, 0.2) is 0 Å². The van der Waals surface area contributed by atoms with Gasteiger partial charge in [-0.1, -0.05) is 65.0 Å². The topological polar surface area (TPSA) is 55.1 Å². The summed E-state index contributed by atoms with van der Waals surface area (Å²) in [6.07, 6.45) is 0.801. The molecule has 0 bridgehead atoms. The molecular formula is C18H28N2O. The van der Waals surface area contributed by atoms with Crippen LogP contribution in [0.4, 0.5) is 0 Å². The Morgan fingerprint density at radius 3 is 2.19 bits per heavy atom. The van der Waals surface area contributed by atoms with Crippen molar-refractivity contribution >= 4 is 5.91 Å². The minimum atomic E-state index is -0.0883. The molecule has 0 saturated heterocycles. The Morgan fingerprint density at radius 2 is 1.71 bits per heavy atom. The lowest BCUT2D eigenvalue weighted by atomic mass is 9.48. The summed E-state index contributed by atoms with van der Waals surface area (Å²) in [6, 6.07) is 10.2. The van der Waals surface area contributed by atoms with Gasteiger partial charge in [-0.25, -0.2) is 0 Å². The Kier molecular flexibility index (Phi) is 4.16. The van der Waals surface area contributed by atoms with Crippen LogP contribution in [0.3, 0.4) is 0 Å². The van der Waals surface area contributed by atoms with Gasteiger partial charge in [-0.3, -0.25) is 4.79 Å². The van der Waals surface area contributed by atoms with E-state index in [1.807, 2.05) is 30.3 Å². The molecule has 2 rings (SSSR count). The summed E-state index contributed by atoms with van der Waals surface area (Å²) in [5.74, 6) is 0.0244. The largest absolute Gasteiger partial charge is 0.352 e. The fraction of sp³-hybridized carbons (Fsp3) is 0.611. The highest BCUT2D eigenvalue weighted by atomic mass is 16.2. The van der Waals surface area contributed by atoms with Gasteiger partial charge in [-0.15, -0.1) is 0 Å². The van der Waals surface area contributed by atoms with Gasteiger partial charge in [0.05, 0.1) is 5.92 Å². The second-order valence-electron chi connectivity index (χ2n) is 7.43. The third-order valence-electron chi connectivity index (χ3n) is 5.30. The SMILES string of the molecule is CCC(C(=O)NC1C(C)(C)C(N)C1(C)C)c1ccccc1. The molecule has 116 valence electrons. The Hall–Kier alpha value is -1.35. The molecule has 1 aliphatic carbocycles. The van der Waals surface area contributed by atoms with Gasteiger partial charge in [0.25, 0.3) is 0 Å². The van der Waals surface area contributed by atoms with Crippen LogP contribution >= 0.6 is 0 Å². The molecule has 1 saturated carbocycles. The van der Waals surface area contributed by atoms with Gasteiger partial charge in [-0.2, -0.15) is 0 Å². The normalized spacial score (nSPS) is 27.5. The van der Waals surface area contributed by atoms with Crippen molar-refractivity contribution in [1.29, 1.82) is 0 Å². The van der Waals surface area contributed by atoms with E-state index >= 15 is 0 Å². The van der Waals surface area contributed by atoms with E-state index in [9.17, 15) is 4.79 Å². The summed E-state index contributed by atoms with van der Waals surface area (Å²) in [5, 5.41) is 3.26. The summed E-state index contributed by atoms with van der Waals surface area (Å²) in [7, 11) is 0. The molecule has 3 nitrogen and oxygen atoms in total. The average molecular weight is 288 g/mol. The summed E-state index contributed by atoms with van der Waals surface area (Å²) >= 11 is 0. The Labute approximate surface area is 128 Å². The summed E-state index contributed by atoms with van der Waals surface area (Å²) < 4.78 is 0. The van der Waals surface area contributed by atoms with Crippen LogP contribution in [0.15, 0.2) is 30.3 Å². The quantitative estimate of drug-likeness (QED) is 0.894. The van der Waals surface area contributed by atoms with Gasteiger partial charge in [0.1, 0.15) is 0 Å². The molecule has 0 radical (unpaired) electrons. The summed E-state index contributed by atoms with van der Waals surface area (Å²) in [5.41, 5.74) is 7.23. The number of hydrogen-bond acceptors (Lipinski definition) is 2. The molecule has 1 unspecified atom stereocenters. The highest BCUT2D eigenvalue weighted by molar-refractivity contribution is 5.84. The number of rotatable bonds is 4. The van der Waals surface area contributed by atoms with E-state index in [0.29, 0.717) is 0 Å². The van der Waals surface area contributed by atoms with Crippen molar-refractivity contribution in [3.8, 4) is 0 Å². The number of carbonyl (C=O) groups excluding carboxylic acids is 1. The maximum absolute atomic E-state index is 12.7. The minimum Gasteiger partial charge on any atom is -0.352 e. The second kappa shape index (κ2) is 5.45. The number of amides is 1. The molecule has 1 atom stereocenters. The maximum atomic E-state index is 12.7. The molecule has 3 N–H and O–H groups in total. The zero-order chi connectivity index (χ0) is 15.8. The van der Waals surface area contributed by atoms with Gasteiger partial charge < -0.3 is 11.1 Å². The van der Waals surface area contributed by atoms with Gasteiger partial charge in [-0.05, 0) is 12.0 Å². The molecule has 1 fully saturated rings. The second-order valence-corrected chi connectivity index (χ2v) is 7.43. The van der Waals surface area contributed by atoms with E-state index in [1.54, 1.807) is 0 Å². The molecule has 0 aromatic heterocycles. The van der Waals surface area contributed by atoms with Crippen molar-refractivity contribution in [3.63, 3.8) is 0 Å². The first kappa shape index (κ1) is 16.0. The zero-order valence-corrected chi connectivity index (χ0v) is 13.8. The van der Waals surface area contributed by atoms with Crippen molar-refractivity contribution in [1.82, 2.24) is 5.32 Å². The molecule has 0 heterocycles. The van der Waals surface area contributed by atoms with E-state index in [0.717, 1.165) is 12.0 Å². The first-order valence-corrected chi connectivity index (χ1v) is 7.83. The number of nitrogens with one attached hydrogen (secondary N) is 1. The molecule has 3 heteroatoms. The average Bonchev–Trinajstić information content (AvgIpc) is 2.45. The van der Waals surface area contributed by atoms with E-state index < -0.39 is 0 Å². The first-order valence-electron chi connectivity index (χ1n) is 7.83. The van der Waals surface area contributed by atoms with Crippen LogP contribution in [0.5, 0.6) is 0 Å². The smallest absolute Gasteiger partial charge is 0.227 e. The molecule has 0 aliphatic heterocycles. The van der Waals surface area contributed by atoms with Crippen molar-refractivity contribution in [2.45, 2.75) is 59.0 Å². The molecule has 0 spiro atoms. The number of hydrogen-bond donors (Lipinski definition) is 2. The van der Waals surface area contributed by atoms with Crippen LogP contribution in [-0.4, -0.2) is 18.0 Å². The van der Waals surface area contributed by atoms with Gasteiger partial charge in [0.2, 0.25) is 5.91 Å². The highest BCUT2D eigenvalue weighted by Crippen LogP contribution is 2.52. The molecule has 21 heavy (non-hydrogen) atoms. The Bertz CT molecular complexity index is 491. The zero-order valence-electron chi connectivity index (χ0n) is 13.8. The molecule has 1 aliphatic rings. The highest BCUT2D eigenvalue weighted by Gasteiger charge is 2.60. The van der Waals surface area contributed by atoms with Crippen LogP contribution in [0.2, 0.25) is 0 Å². The molecule has 1 amide bonds. The number of benzene rings is 1. The van der Waals surface area contributed by atoms with Crippen LogP contribution < -0.4 is 11.1 Å². The van der Waals surface area contributed by atoms with E-state index in [-0.39, 0.29) is 34.7 Å². The molecular weight excluding hydrogens is 260 g/mol. The Morgan fingerprint density at radius 1 is 1.19 bits per heavy atom. The third-order valence-corrected chi connectivity index (χ3v) is 5.30. The monoisotopic (exact) mass is 288 g/mol. The van der Waals surface area contributed by atoms with Crippen LogP contribution in [-0.2, 0) is 4.79 Å². The standard InChI is InChI=1S/C18H28N2O/c1-6-13(12-10-8-7-9-11-12)14(21)20-16-17(2,3)15(19)18(16,4)5/h7-11,13,15-16H,6,19H2,1-5H3,(H,20,21). The van der Waals surface area contributed by atoms with Crippen LogP contribution in [0, 0.1) is 10.8 Å². The van der Waals surface area contributed by atoms with E-state index in [2.05, 4.69) is 39.9 Å². The predicted octanol–water partition coefficient (Wildman–Crippen LogP) is 3.06. The minimum absolute atomic E-state index is 0.0614. The fourth-order valence-corrected chi connectivity index (χ4v) is 4.05. The lowest BCUT2D eigenvalue weighted by molar-refractivity contribution is -0.133. The van der Waals surface area contributed by atoms with Gasteiger partial charge in [0, 0.05) is 22.9 Å². The Balaban J connectivity index is 2.14. The molecule has 1 aromatic rings. The van der Waals surface area contributed by atoms with Crippen molar-refractivity contribution in [2.75, 3.05) is 0 Å². The number of carbonyl (C=O) groups is 1. The van der Waals surface area contributed by atoms with Gasteiger partial charge >= 0.3 is 0 Å². The van der Waals surface area contributed by atoms with Crippen molar-refractivity contribution in [2.24, 2.45) is 16.6 Å². The molecule has 1 aromatic carbocycles. The first-order chi connectivity index (χ1) is 9.72. The van der Waals surface area contributed by atoms with E-state index in [1.165, 1.54) is 0 Å². The van der Waals surface area contributed by atoms with Crippen molar-refractivity contribution in [3.05, 3.63) is 35.9 Å².